The maximum atomic E-state index is 14.1. The smallest absolute Gasteiger partial charge is 0.255 e. The second-order valence-electron chi connectivity index (χ2n) is 9.98. The summed E-state index contributed by atoms with van der Waals surface area (Å²) in [6, 6.07) is 22.6. The van der Waals surface area contributed by atoms with E-state index in [-0.39, 0.29) is 18.4 Å². The first-order valence-corrected chi connectivity index (χ1v) is 14.2. The molecule has 0 bridgehead atoms. The third-order valence-electron chi connectivity index (χ3n) is 7.39. The maximum absolute atomic E-state index is 14.1. The molecule has 206 valence electrons. The number of halogens is 2. The molecule has 1 atom stereocenters. The van der Waals surface area contributed by atoms with Crippen molar-refractivity contribution in [2.75, 3.05) is 50.0 Å². The predicted molar refractivity (Wildman–Crippen MR) is 161 cm³/mol. The van der Waals surface area contributed by atoms with Crippen LogP contribution in [0.4, 0.5) is 11.4 Å². The first-order chi connectivity index (χ1) is 18.8. The highest BCUT2D eigenvalue weighted by Crippen LogP contribution is 2.46. The van der Waals surface area contributed by atoms with E-state index < -0.39 is 5.54 Å². The highest BCUT2D eigenvalue weighted by molar-refractivity contribution is 6.31. The van der Waals surface area contributed by atoms with Crippen LogP contribution in [-0.4, -0.2) is 61.4 Å². The van der Waals surface area contributed by atoms with Crippen LogP contribution in [0.3, 0.4) is 0 Å². The fraction of sp³-hybridized carbons (Fsp3) is 0.355. The molecule has 1 N–H and O–H groups in total. The maximum Gasteiger partial charge on any atom is 0.255 e. The van der Waals surface area contributed by atoms with Crippen LogP contribution in [0.5, 0.6) is 0 Å². The molecule has 4 rings (SSSR count). The average molecular weight is 568 g/mol. The largest absolute Gasteiger partial charge is 0.344 e. The lowest BCUT2D eigenvalue weighted by Crippen LogP contribution is -2.56. The summed E-state index contributed by atoms with van der Waals surface area (Å²) in [5.74, 6) is -0.272. The standard InChI is InChI=1S/C31H36Cl2N4O2/c1-4-16-36(5-2)18-17-35(3)29(38)22-37(26-12-7-6-8-13-26)31(21-23-10-9-11-24(32)19-23)27-15-14-25(33)20-28(27)34-30(31)39/h6-15,19-20H,4-5,16-18,21-22H2,1-3H3,(H,34,39). The minimum Gasteiger partial charge on any atom is -0.344 e. The van der Waals surface area contributed by atoms with Gasteiger partial charge in [-0.3, -0.25) is 9.59 Å². The van der Waals surface area contributed by atoms with Gasteiger partial charge < -0.3 is 20.0 Å². The molecule has 0 radical (unpaired) electrons. The van der Waals surface area contributed by atoms with E-state index in [4.69, 9.17) is 23.2 Å². The number of likely N-dealkylation sites (N-methyl/N-ethyl adjacent to an activating group) is 2. The third kappa shape index (κ3) is 6.40. The minimum atomic E-state index is -1.19. The zero-order chi connectivity index (χ0) is 28.0. The van der Waals surface area contributed by atoms with Gasteiger partial charge >= 0.3 is 0 Å². The molecule has 0 fully saturated rings. The van der Waals surface area contributed by atoms with Crippen LogP contribution in [0.2, 0.25) is 10.0 Å². The lowest BCUT2D eigenvalue weighted by Gasteiger charge is -2.42. The molecule has 8 heteroatoms. The lowest BCUT2D eigenvalue weighted by atomic mass is 9.82. The third-order valence-corrected chi connectivity index (χ3v) is 7.86. The monoisotopic (exact) mass is 566 g/mol. The molecule has 0 aliphatic carbocycles. The Kier molecular flexibility index (Phi) is 9.54. The summed E-state index contributed by atoms with van der Waals surface area (Å²) >= 11 is 12.7. The van der Waals surface area contributed by atoms with E-state index in [2.05, 4.69) is 24.1 Å². The van der Waals surface area contributed by atoms with Crippen molar-refractivity contribution in [2.24, 2.45) is 0 Å². The highest BCUT2D eigenvalue weighted by Gasteiger charge is 2.52. The molecule has 0 aromatic heterocycles. The van der Waals surface area contributed by atoms with Gasteiger partial charge in [0.1, 0.15) is 0 Å². The van der Waals surface area contributed by atoms with E-state index in [1.54, 1.807) is 17.0 Å². The Balaban J connectivity index is 1.76. The van der Waals surface area contributed by atoms with Crippen molar-refractivity contribution in [3.63, 3.8) is 0 Å². The number of hydrogen-bond donors (Lipinski definition) is 1. The molecule has 0 saturated heterocycles. The van der Waals surface area contributed by atoms with Gasteiger partial charge in [-0.1, -0.05) is 73.4 Å². The molecule has 2 amide bonds. The van der Waals surface area contributed by atoms with Crippen molar-refractivity contribution in [1.82, 2.24) is 9.80 Å². The number of fused-ring (bicyclic) bond motifs is 1. The van der Waals surface area contributed by atoms with Gasteiger partial charge in [-0.05, 0) is 61.5 Å². The molecule has 6 nitrogen and oxygen atoms in total. The minimum absolute atomic E-state index is 0.0243. The molecule has 1 aliphatic rings. The van der Waals surface area contributed by atoms with Crippen LogP contribution in [-0.2, 0) is 21.5 Å². The molecule has 3 aromatic carbocycles. The first-order valence-electron chi connectivity index (χ1n) is 13.4. The Morgan fingerprint density at radius 3 is 2.33 bits per heavy atom. The molecule has 1 aliphatic heterocycles. The summed E-state index contributed by atoms with van der Waals surface area (Å²) in [6.07, 6.45) is 1.39. The predicted octanol–water partition coefficient (Wildman–Crippen LogP) is 6.08. The van der Waals surface area contributed by atoms with Crippen molar-refractivity contribution < 1.29 is 9.59 Å². The van der Waals surface area contributed by atoms with E-state index >= 15 is 0 Å². The van der Waals surface area contributed by atoms with Gasteiger partial charge in [0.05, 0.1) is 6.54 Å². The van der Waals surface area contributed by atoms with Crippen molar-refractivity contribution >= 4 is 46.4 Å². The van der Waals surface area contributed by atoms with Crippen LogP contribution in [0, 0.1) is 0 Å². The molecular weight excluding hydrogens is 531 g/mol. The van der Waals surface area contributed by atoms with Gasteiger partial charge in [-0.15, -0.1) is 0 Å². The van der Waals surface area contributed by atoms with E-state index in [1.807, 2.05) is 72.6 Å². The van der Waals surface area contributed by atoms with Crippen LogP contribution >= 0.6 is 23.2 Å². The van der Waals surface area contributed by atoms with Crippen molar-refractivity contribution in [3.8, 4) is 0 Å². The normalized spacial score (nSPS) is 16.2. The van der Waals surface area contributed by atoms with Crippen molar-refractivity contribution in [3.05, 3.63) is 94.0 Å². The molecule has 3 aromatic rings. The summed E-state index contributed by atoms with van der Waals surface area (Å²) < 4.78 is 0. The number of nitrogens with one attached hydrogen (secondary N) is 1. The average Bonchev–Trinajstić information content (AvgIpc) is 3.19. The van der Waals surface area contributed by atoms with Gasteiger partial charge in [0.15, 0.2) is 5.54 Å². The van der Waals surface area contributed by atoms with Gasteiger partial charge in [0.25, 0.3) is 5.91 Å². The Labute approximate surface area is 241 Å². The first kappa shape index (κ1) is 28.9. The molecular formula is C31H36Cl2N4O2. The van der Waals surface area contributed by atoms with E-state index in [1.165, 1.54) is 0 Å². The van der Waals surface area contributed by atoms with Crippen LogP contribution in [0.15, 0.2) is 72.8 Å². The Bertz CT molecular complexity index is 1300. The zero-order valence-corrected chi connectivity index (χ0v) is 24.3. The number of rotatable bonds is 12. The van der Waals surface area contributed by atoms with E-state index in [0.29, 0.717) is 28.7 Å². The van der Waals surface area contributed by atoms with Crippen LogP contribution in [0.1, 0.15) is 31.4 Å². The molecule has 1 unspecified atom stereocenters. The van der Waals surface area contributed by atoms with Gasteiger partial charge in [0.2, 0.25) is 5.91 Å². The number of para-hydroxylation sites is 1. The van der Waals surface area contributed by atoms with E-state index in [9.17, 15) is 9.59 Å². The molecule has 0 saturated carbocycles. The summed E-state index contributed by atoms with van der Waals surface area (Å²) in [7, 11) is 1.83. The molecule has 0 spiro atoms. The van der Waals surface area contributed by atoms with Crippen LogP contribution < -0.4 is 10.2 Å². The SMILES string of the molecule is CCCN(CC)CCN(C)C(=O)CN(c1ccccc1)C1(Cc2cccc(Cl)c2)C(=O)Nc2cc(Cl)ccc21. The zero-order valence-electron chi connectivity index (χ0n) is 22.8. The number of carbonyl (C=O) groups excluding carboxylic acids is 2. The Morgan fingerprint density at radius 2 is 1.64 bits per heavy atom. The fourth-order valence-electron chi connectivity index (χ4n) is 5.28. The van der Waals surface area contributed by atoms with Gasteiger partial charge in [-0.2, -0.15) is 0 Å². The quantitative estimate of drug-likeness (QED) is 0.288. The number of anilines is 2. The highest BCUT2D eigenvalue weighted by atomic mass is 35.5. The Hall–Kier alpha value is -3.06. The van der Waals surface area contributed by atoms with Crippen LogP contribution in [0.25, 0.3) is 0 Å². The second-order valence-corrected chi connectivity index (χ2v) is 10.9. The van der Waals surface area contributed by atoms with Crippen molar-refractivity contribution in [1.29, 1.82) is 0 Å². The Morgan fingerprint density at radius 1 is 0.897 bits per heavy atom. The topological polar surface area (TPSA) is 55.9 Å². The number of benzene rings is 3. The van der Waals surface area contributed by atoms with E-state index in [0.717, 1.165) is 42.9 Å². The molecule has 1 heterocycles. The number of amides is 2. The molecule has 39 heavy (non-hydrogen) atoms. The van der Waals surface area contributed by atoms with Crippen molar-refractivity contribution in [2.45, 2.75) is 32.2 Å². The number of nitrogens with zero attached hydrogens (tertiary/aromatic N) is 3. The second kappa shape index (κ2) is 12.9. The fourth-order valence-corrected chi connectivity index (χ4v) is 5.67. The summed E-state index contributed by atoms with van der Waals surface area (Å²) in [4.78, 5) is 33.9. The van der Waals surface area contributed by atoms with Gasteiger partial charge in [0, 0.05) is 53.5 Å². The summed E-state index contributed by atoms with van der Waals surface area (Å²) in [5, 5.41) is 4.17. The van der Waals surface area contributed by atoms with Gasteiger partial charge in [-0.25, -0.2) is 0 Å². The lowest BCUT2D eigenvalue weighted by molar-refractivity contribution is -0.129. The summed E-state index contributed by atoms with van der Waals surface area (Å²) in [5.41, 5.74) is 1.89. The number of carbonyl (C=O) groups is 2. The number of hydrogen-bond acceptors (Lipinski definition) is 4. The summed E-state index contributed by atoms with van der Waals surface area (Å²) in [6.45, 7) is 7.66.